The number of aryl methyl sites for hydroxylation is 2. The van der Waals surface area contributed by atoms with Crippen molar-refractivity contribution < 1.29 is 4.57 Å². The highest BCUT2D eigenvalue weighted by Crippen LogP contribution is 2.50. The standard InChI is InChI=1S/C26H30N/c1-16-10-11-21-23(17(16)2)25-24-19(12-13-27(25)5)14-20(18-8-6-7-9-18)15-22(24)26(21,3)4/h10-15,18H,6-9H2,1-5H3/q+1. The van der Waals surface area contributed by atoms with Crippen LogP contribution in [0.1, 0.15) is 73.3 Å². The lowest BCUT2D eigenvalue weighted by atomic mass is 9.67. The molecule has 0 unspecified atom stereocenters. The van der Waals surface area contributed by atoms with Crippen molar-refractivity contribution in [2.24, 2.45) is 7.05 Å². The molecule has 0 saturated heterocycles. The van der Waals surface area contributed by atoms with E-state index in [4.69, 9.17) is 0 Å². The molecule has 138 valence electrons. The summed E-state index contributed by atoms with van der Waals surface area (Å²) in [6, 6.07) is 12.1. The van der Waals surface area contributed by atoms with Crippen LogP contribution >= 0.6 is 0 Å². The van der Waals surface area contributed by atoms with E-state index >= 15 is 0 Å². The van der Waals surface area contributed by atoms with Crippen molar-refractivity contribution in [3.8, 4) is 11.3 Å². The Kier molecular flexibility index (Phi) is 3.57. The van der Waals surface area contributed by atoms with Crippen LogP contribution in [0.15, 0.2) is 36.5 Å². The third-order valence-electron chi connectivity index (χ3n) is 7.40. The minimum Gasteiger partial charge on any atom is -0.200 e. The van der Waals surface area contributed by atoms with Gasteiger partial charge >= 0.3 is 0 Å². The van der Waals surface area contributed by atoms with E-state index in [0.29, 0.717) is 0 Å². The molecule has 1 aromatic heterocycles. The number of hydrogen-bond acceptors (Lipinski definition) is 0. The summed E-state index contributed by atoms with van der Waals surface area (Å²) in [5.41, 5.74) is 10.2. The summed E-state index contributed by atoms with van der Waals surface area (Å²) in [5, 5.41) is 2.88. The van der Waals surface area contributed by atoms with Crippen LogP contribution in [0.2, 0.25) is 0 Å². The number of hydrogen-bond donors (Lipinski definition) is 0. The van der Waals surface area contributed by atoms with Gasteiger partial charge in [-0.25, -0.2) is 4.57 Å². The molecule has 0 aliphatic heterocycles. The largest absolute Gasteiger partial charge is 0.221 e. The van der Waals surface area contributed by atoms with Gasteiger partial charge in [0, 0.05) is 11.5 Å². The summed E-state index contributed by atoms with van der Waals surface area (Å²) in [5.74, 6) is 0.750. The van der Waals surface area contributed by atoms with Crippen LogP contribution in [0.25, 0.3) is 22.0 Å². The van der Waals surface area contributed by atoms with Gasteiger partial charge in [0.2, 0.25) is 5.69 Å². The van der Waals surface area contributed by atoms with Crippen LogP contribution in [0.4, 0.5) is 0 Å². The Morgan fingerprint density at radius 2 is 1.70 bits per heavy atom. The summed E-state index contributed by atoms with van der Waals surface area (Å²) in [6.07, 6.45) is 7.74. The minimum atomic E-state index is 0.0298. The second-order valence-corrected chi connectivity index (χ2v) is 9.34. The zero-order valence-corrected chi connectivity index (χ0v) is 17.3. The van der Waals surface area contributed by atoms with Gasteiger partial charge in [-0.2, -0.15) is 0 Å². The molecule has 2 aromatic carbocycles. The summed E-state index contributed by atoms with van der Waals surface area (Å²) in [7, 11) is 2.20. The van der Waals surface area contributed by atoms with E-state index in [1.807, 2.05) is 0 Å². The van der Waals surface area contributed by atoms with E-state index in [9.17, 15) is 0 Å². The molecular formula is C26H30N+. The zero-order valence-electron chi connectivity index (χ0n) is 17.3. The van der Waals surface area contributed by atoms with Gasteiger partial charge in [-0.05, 0) is 65.8 Å². The molecule has 0 amide bonds. The van der Waals surface area contributed by atoms with Crippen molar-refractivity contribution in [2.75, 3.05) is 0 Å². The van der Waals surface area contributed by atoms with E-state index in [1.165, 1.54) is 70.0 Å². The summed E-state index contributed by atoms with van der Waals surface area (Å²) >= 11 is 0. The number of nitrogens with zero attached hydrogens (tertiary/aromatic N) is 1. The molecule has 1 heterocycles. The Bertz CT molecular complexity index is 1080. The first-order valence-electron chi connectivity index (χ1n) is 10.5. The topological polar surface area (TPSA) is 3.88 Å². The molecule has 2 aliphatic rings. The molecule has 3 aromatic rings. The molecular weight excluding hydrogens is 326 g/mol. The second kappa shape index (κ2) is 5.67. The lowest BCUT2D eigenvalue weighted by molar-refractivity contribution is -0.659. The molecule has 2 aliphatic carbocycles. The average molecular weight is 357 g/mol. The van der Waals surface area contributed by atoms with Crippen LogP contribution < -0.4 is 4.57 Å². The fourth-order valence-corrected chi connectivity index (χ4v) is 5.60. The highest BCUT2D eigenvalue weighted by atomic mass is 14.9. The number of pyridine rings is 1. The lowest BCUT2D eigenvalue weighted by Crippen LogP contribution is -2.36. The minimum absolute atomic E-state index is 0.0298. The molecule has 1 fully saturated rings. The van der Waals surface area contributed by atoms with E-state index in [-0.39, 0.29) is 5.41 Å². The SMILES string of the molecule is Cc1ccc2c(c1C)-c1c3c(cc(C4CCCC4)cc3cc[n+]1C)C2(C)C. The molecule has 1 nitrogen and oxygen atoms in total. The second-order valence-electron chi connectivity index (χ2n) is 9.34. The molecule has 0 bridgehead atoms. The maximum atomic E-state index is 2.56. The first-order chi connectivity index (χ1) is 12.9. The maximum absolute atomic E-state index is 2.56. The van der Waals surface area contributed by atoms with Crippen molar-refractivity contribution >= 4 is 10.8 Å². The van der Waals surface area contributed by atoms with Gasteiger partial charge in [-0.3, -0.25) is 0 Å². The van der Waals surface area contributed by atoms with E-state index in [2.05, 4.69) is 75.8 Å². The fourth-order valence-electron chi connectivity index (χ4n) is 5.60. The van der Waals surface area contributed by atoms with Gasteiger partial charge in [0.15, 0.2) is 6.20 Å². The third-order valence-corrected chi connectivity index (χ3v) is 7.40. The van der Waals surface area contributed by atoms with Crippen molar-refractivity contribution in [2.45, 2.75) is 64.7 Å². The highest BCUT2D eigenvalue weighted by Gasteiger charge is 2.39. The Hall–Kier alpha value is -2.15. The summed E-state index contributed by atoms with van der Waals surface area (Å²) in [4.78, 5) is 0. The van der Waals surface area contributed by atoms with Gasteiger partial charge in [0.1, 0.15) is 7.05 Å². The van der Waals surface area contributed by atoms with Crippen LogP contribution in [0.5, 0.6) is 0 Å². The maximum Gasteiger partial charge on any atom is 0.221 e. The Morgan fingerprint density at radius 3 is 2.44 bits per heavy atom. The molecule has 0 N–H and O–H groups in total. The fraction of sp³-hybridized carbons (Fsp3) is 0.423. The number of fused-ring (bicyclic) bond motifs is 2. The van der Waals surface area contributed by atoms with Crippen molar-refractivity contribution in [3.63, 3.8) is 0 Å². The van der Waals surface area contributed by atoms with Gasteiger partial charge in [-0.1, -0.05) is 51.0 Å². The number of benzene rings is 2. The predicted molar refractivity (Wildman–Crippen MR) is 113 cm³/mol. The zero-order chi connectivity index (χ0) is 18.9. The first kappa shape index (κ1) is 17.0. The third kappa shape index (κ3) is 2.27. The Morgan fingerprint density at radius 1 is 0.963 bits per heavy atom. The highest BCUT2D eigenvalue weighted by molar-refractivity contribution is 6.01. The summed E-state index contributed by atoms with van der Waals surface area (Å²) in [6.45, 7) is 9.37. The van der Waals surface area contributed by atoms with Gasteiger partial charge in [0.05, 0.1) is 10.9 Å². The van der Waals surface area contributed by atoms with Crippen LogP contribution in [0, 0.1) is 13.8 Å². The smallest absolute Gasteiger partial charge is 0.200 e. The van der Waals surface area contributed by atoms with Crippen LogP contribution in [0.3, 0.4) is 0 Å². The van der Waals surface area contributed by atoms with Gasteiger partial charge in [-0.15, -0.1) is 0 Å². The quantitative estimate of drug-likeness (QED) is 0.454. The predicted octanol–water partition coefficient (Wildman–Crippen LogP) is 6.25. The van der Waals surface area contributed by atoms with E-state index in [1.54, 1.807) is 5.56 Å². The number of rotatable bonds is 1. The van der Waals surface area contributed by atoms with Gasteiger partial charge < -0.3 is 0 Å². The van der Waals surface area contributed by atoms with E-state index < -0.39 is 0 Å². The normalized spacial score (nSPS) is 18.1. The first-order valence-corrected chi connectivity index (χ1v) is 10.5. The lowest BCUT2D eigenvalue weighted by Gasteiger charge is -2.35. The van der Waals surface area contributed by atoms with E-state index in [0.717, 1.165) is 5.92 Å². The van der Waals surface area contributed by atoms with Crippen LogP contribution in [-0.2, 0) is 12.5 Å². The monoisotopic (exact) mass is 356 g/mol. The van der Waals surface area contributed by atoms with Crippen molar-refractivity contribution in [1.29, 1.82) is 0 Å². The van der Waals surface area contributed by atoms with Gasteiger partial charge in [0.25, 0.3) is 0 Å². The Balaban J connectivity index is 1.92. The molecule has 27 heavy (non-hydrogen) atoms. The molecule has 0 spiro atoms. The van der Waals surface area contributed by atoms with Crippen LogP contribution in [-0.4, -0.2) is 0 Å². The van der Waals surface area contributed by atoms with Crippen molar-refractivity contribution in [3.05, 3.63) is 64.3 Å². The average Bonchev–Trinajstić information content (AvgIpc) is 3.17. The number of aromatic nitrogens is 1. The molecule has 0 atom stereocenters. The summed E-state index contributed by atoms with van der Waals surface area (Å²) < 4.78 is 2.33. The van der Waals surface area contributed by atoms with Crippen molar-refractivity contribution in [1.82, 2.24) is 0 Å². The molecule has 5 rings (SSSR count). The molecule has 1 saturated carbocycles. The molecule has 0 radical (unpaired) electrons. The molecule has 1 heteroatoms. The Labute approximate surface area is 163 Å².